The first-order valence-corrected chi connectivity index (χ1v) is 6.10. The molecule has 0 aromatic carbocycles. The van der Waals surface area contributed by atoms with Crippen molar-refractivity contribution in [3.05, 3.63) is 0 Å². The molecule has 1 atom stereocenters. The van der Waals surface area contributed by atoms with Crippen molar-refractivity contribution in [3.63, 3.8) is 0 Å². The van der Waals surface area contributed by atoms with Crippen LogP contribution in [-0.4, -0.2) is 44.3 Å². The molecule has 0 radical (unpaired) electrons. The van der Waals surface area contributed by atoms with Crippen LogP contribution in [0.2, 0.25) is 0 Å². The van der Waals surface area contributed by atoms with Gasteiger partial charge in [0.25, 0.3) is 0 Å². The second-order valence-corrected chi connectivity index (χ2v) is 4.70. The zero-order valence-corrected chi connectivity index (χ0v) is 10.8. The fraction of sp³-hybridized carbons (Fsp3) is 1.00. The van der Waals surface area contributed by atoms with Crippen LogP contribution >= 0.6 is 0 Å². The zero-order chi connectivity index (χ0) is 11.7. The van der Waals surface area contributed by atoms with Crippen LogP contribution in [0.15, 0.2) is 0 Å². The van der Waals surface area contributed by atoms with E-state index in [4.69, 9.17) is 10.5 Å². The molecule has 0 saturated carbocycles. The van der Waals surface area contributed by atoms with Crippen LogP contribution in [0.25, 0.3) is 0 Å². The first kappa shape index (κ1) is 14.9. The van der Waals surface area contributed by atoms with Crippen LogP contribution in [0.5, 0.6) is 0 Å². The lowest BCUT2D eigenvalue weighted by molar-refractivity contribution is 0.0833. The van der Waals surface area contributed by atoms with Gasteiger partial charge in [-0.2, -0.15) is 0 Å². The minimum Gasteiger partial charge on any atom is -0.380 e. The van der Waals surface area contributed by atoms with E-state index in [2.05, 4.69) is 32.6 Å². The van der Waals surface area contributed by atoms with Crippen LogP contribution in [0.4, 0.5) is 0 Å². The molecule has 0 rings (SSSR count). The van der Waals surface area contributed by atoms with Crippen LogP contribution in [-0.2, 0) is 4.74 Å². The molecule has 0 bridgehead atoms. The minimum absolute atomic E-state index is 0.579. The third-order valence-electron chi connectivity index (χ3n) is 2.42. The third-order valence-corrected chi connectivity index (χ3v) is 2.42. The van der Waals surface area contributed by atoms with Gasteiger partial charge in [-0.15, -0.1) is 0 Å². The maximum atomic E-state index is 5.61. The van der Waals surface area contributed by atoms with Crippen molar-refractivity contribution in [1.29, 1.82) is 0 Å². The Balaban J connectivity index is 3.52. The lowest BCUT2D eigenvalue weighted by Crippen LogP contribution is -2.34. The Kier molecular flexibility index (Phi) is 9.06. The number of hydrogen-bond acceptors (Lipinski definition) is 3. The van der Waals surface area contributed by atoms with Gasteiger partial charge in [-0.05, 0) is 24.9 Å². The summed E-state index contributed by atoms with van der Waals surface area (Å²) in [6.45, 7) is 14.4. The van der Waals surface area contributed by atoms with Gasteiger partial charge in [0.2, 0.25) is 0 Å². The summed E-state index contributed by atoms with van der Waals surface area (Å²) in [5.74, 6) is 1.21. The predicted molar refractivity (Wildman–Crippen MR) is 66.0 cm³/mol. The summed E-state index contributed by atoms with van der Waals surface area (Å²) < 4.78 is 5.57. The monoisotopic (exact) mass is 216 g/mol. The second kappa shape index (κ2) is 9.13. The van der Waals surface area contributed by atoms with Gasteiger partial charge in [0.15, 0.2) is 0 Å². The van der Waals surface area contributed by atoms with E-state index in [9.17, 15) is 0 Å². The number of rotatable bonds is 9. The minimum atomic E-state index is 0.579. The van der Waals surface area contributed by atoms with Crippen molar-refractivity contribution in [2.24, 2.45) is 17.6 Å². The molecular weight excluding hydrogens is 188 g/mol. The van der Waals surface area contributed by atoms with Gasteiger partial charge in [-0.25, -0.2) is 0 Å². The fourth-order valence-electron chi connectivity index (χ4n) is 1.41. The zero-order valence-electron chi connectivity index (χ0n) is 10.8. The molecule has 0 aliphatic rings. The molecule has 92 valence electrons. The van der Waals surface area contributed by atoms with E-state index in [1.165, 1.54) is 0 Å². The quantitative estimate of drug-likeness (QED) is 0.595. The maximum absolute atomic E-state index is 5.61. The van der Waals surface area contributed by atoms with Crippen molar-refractivity contribution in [3.8, 4) is 0 Å². The van der Waals surface area contributed by atoms with Gasteiger partial charge < -0.3 is 15.4 Å². The first-order valence-electron chi connectivity index (χ1n) is 6.10. The molecular formula is C12H28N2O. The summed E-state index contributed by atoms with van der Waals surface area (Å²) in [5.41, 5.74) is 5.61. The molecule has 2 N–H and O–H groups in total. The summed E-state index contributed by atoms with van der Waals surface area (Å²) in [6, 6.07) is 0. The molecule has 0 spiro atoms. The lowest BCUT2D eigenvalue weighted by atomic mass is 10.2. The molecule has 0 fully saturated rings. The Morgan fingerprint density at radius 1 is 1.27 bits per heavy atom. The highest BCUT2D eigenvalue weighted by Gasteiger charge is 2.06. The molecule has 3 heteroatoms. The molecule has 0 aliphatic carbocycles. The second-order valence-electron chi connectivity index (χ2n) is 4.70. The largest absolute Gasteiger partial charge is 0.380 e. The van der Waals surface area contributed by atoms with Gasteiger partial charge in [-0.3, -0.25) is 0 Å². The van der Waals surface area contributed by atoms with Crippen molar-refractivity contribution >= 4 is 0 Å². The van der Waals surface area contributed by atoms with E-state index in [1.807, 2.05) is 0 Å². The van der Waals surface area contributed by atoms with E-state index in [0.717, 1.165) is 39.4 Å². The number of nitrogens with zero attached hydrogens (tertiary/aromatic N) is 1. The number of hydrogen-bond donors (Lipinski definition) is 1. The molecule has 0 aromatic heterocycles. The van der Waals surface area contributed by atoms with Gasteiger partial charge in [0.05, 0.1) is 6.61 Å². The van der Waals surface area contributed by atoms with Crippen molar-refractivity contribution in [2.75, 3.05) is 39.4 Å². The Morgan fingerprint density at radius 2 is 1.93 bits per heavy atom. The molecule has 0 amide bonds. The Hall–Kier alpha value is -0.120. The highest BCUT2D eigenvalue weighted by atomic mass is 16.5. The van der Waals surface area contributed by atoms with Gasteiger partial charge >= 0.3 is 0 Å². The van der Waals surface area contributed by atoms with E-state index in [0.29, 0.717) is 11.8 Å². The first-order chi connectivity index (χ1) is 7.10. The maximum Gasteiger partial charge on any atom is 0.0593 e. The average Bonchev–Trinajstić information content (AvgIpc) is 2.21. The van der Waals surface area contributed by atoms with Gasteiger partial charge in [-0.1, -0.05) is 27.7 Å². The Labute approximate surface area is 95.0 Å². The summed E-state index contributed by atoms with van der Waals surface area (Å²) in [6.07, 6.45) is 0. The predicted octanol–water partition coefficient (Wildman–Crippen LogP) is 1.58. The smallest absolute Gasteiger partial charge is 0.0593 e. The lowest BCUT2D eigenvalue weighted by Gasteiger charge is -2.23. The molecule has 0 saturated heterocycles. The van der Waals surface area contributed by atoms with Crippen LogP contribution in [0.3, 0.4) is 0 Å². The summed E-state index contributed by atoms with van der Waals surface area (Å²) in [7, 11) is 0. The van der Waals surface area contributed by atoms with Gasteiger partial charge in [0, 0.05) is 19.7 Å². The van der Waals surface area contributed by atoms with Crippen LogP contribution in [0, 0.1) is 11.8 Å². The van der Waals surface area contributed by atoms with Crippen molar-refractivity contribution < 1.29 is 4.74 Å². The highest BCUT2D eigenvalue weighted by Crippen LogP contribution is 1.98. The van der Waals surface area contributed by atoms with Crippen LogP contribution in [0.1, 0.15) is 27.7 Å². The Morgan fingerprint density at radius 3 is 2.40 bits per heavy atom. The third kappa shape index (κ3) is 8.85. The standard InChI is InChI=1S/C12H28N2O/c1-5-14(9-12(4)8-13)6-7-15-10-11(2)3/h11-12H,5-10,13H2,1-4H3. The summed E-state index contributed by atoms with van der Waals surface area (Å²) in [5, 5.41) is 0. The highest BCUT2D eigenvalue weighted by molar-refractivity contribution is 4.61. The summed E-state index contributed by atoms with van der Waals surface area (Å²) in [4.78, 5) is 2.40. The molecule has 3 nitrogen and oxygen atoms in total. The molecule has 0 heterocycles. The fourth-order valence-corrected chi connectivity index (χ4v) is 1.41. The molecule has 0 aromatic rings. The average molecular weight is 216 g/mol. The Bertz CT molecular complexity index is 140. The van der Waals surface area contributed by atoms with Crippen LogP contribution < -0.4 is 5.73 Å². The van der Waals surface area contributed by atoms with E-state index < -0.39 is 0 Å². The molecule has 1 unspecified atom stereocenters. The number of ether oxygens (including phenoxy) is 1. The number of likely N-dealkylation sites (N-methyl/N-ethyl adjacent to an activating group) is 1. The van der Waals surface area contributed by atoms with Crippen molar-refractivity contribution in [1.82, 2.24) is 4.90 Å². The van der Waals surface area contributed by atoms with E-state index >= 15 is 0 Å². The number of nitrogens with two attached hydrogens (primary N) is 1. The van der Waals surface area contributed by atoms with E-state index in [1.54, 1.807) is 0 Å². The van der Waals surface area contributed by atoms with Crippen molar-refractivity contribution in [2.45, 2.75) is 27.7 Å². The van der Waals surface area contributed by atoms with Gasteiger partial charge in [0.1, 0.15) is 0 Å². The topological polar surface area (TPSA) is 38.5 Å². The normalized spacial score (nSPS) is 13.8. The molecule has 0 aliphatic heterocycles. The SMILES string of the molecule is CCN(CCOCC(C)C)CC(C)CN. The molecule has 15 heavy (non-hydrogen) atoms. The van der Waals surface area contributed by atoms with E-state index in [-0.39, 0.29) is 0 Å². The summed E-state index contributed by atoms with van der Waals surface area (Å²) >= 11 is 0.